The number of hydrogen-bond acceptors (Lipinski definition) is 1. The molecule has 2 heterocycles. The summed E-state index contributed by atoms with van der Waals surface area (Å²) < 4.78 is 2.22. The molecule has 0 bridgehead atoms. The number of hydrogen-bond donors (Lipinski definition) is 1. The lowest BCUT2D eigenvalue weighted by Crippen LogP contribution is -2.38. The van der Waals surface area contributed by atoms with Crippen molar-refractivity contribution in [2.45, 2.75) is 39.3 Å². The van der Waals surface area contributed by atoms with E-state index in [1.165, 1.54) is 5.56 Å². The number of aryl methyl sites for hydroxylation is 2. The number of para-hydroxylation sites is 2. The monoisotopic (exact) mass is 435 g/mol. The van der Waals surface area contributed by atoms with E-state index in [0.29, 0.717) is 6.54 Å². The normalized spacial score (nSPS) is 14.8. The van der Waals surface area contributed by atoms with Gasteiger partial charge in [-0.1, -0.05) is 74.5 Å². The molecule has 0 radical (unpaired) electrons. The van der Waals surface area contributed by atoms with Crippen molar-refractivity contribution in [2.75, 3.05) is 5.32 Å². The highest BCUT2D eigenvalue weighted by Gasteiger charge is 2.33. The first-order chi connectivity index (χ1) is 16.2. The van der Waals surface area contributed by atoms with E-state index in [0.717, 1.165) is 46.6 Å². The van der Waals surface area contributed by atoms with Crippen molar-refractivity contribution < 1.29 is 4.79 Å². The Morgan fingerprint density at radius 2 is 1.64 bits per heavy atom. The number of benzene rings is 3. The summed E-state index contributed by atoms with van der Waals surface area (Å²) in [5.74, 6) is 0. The summed E-state index contributed by atoms with van der Waals surface area (Å²) in [5.41, 5.74) is 7.74. The topological polar surface area (TPSA) is 37.3 Å². The molecule has 0 spiro atoms. The Kier molecular flexibility index (Phi) is 5.74. The number of anilines is 1. The van der Waals surface area contributed by atoms with Crippen molar-refractivity contribution in [2.24, 2.45) is 0 Å². The quantitative estimate of drug-likeness (QED) is 0.379. The van der Waals surface area contributed by atoms with E-state index >= 15 is 0 Å². The van der Waals surface area contributed by atoms with Gasteiger partial charge in [0.2, 0.25) is 0 Å². The summed E-state index contributed by atoms with van der Waals surface area (Å²) in [7, 11) is 0. The molecule has 0 fully saturated rings. The molecule has 1 aliphatic heterocycles. The van der Waals surface area contributed by atoms with Crippen LogP contribution in [0.4, 0.5) is 10.5 Å². The molecule has 0 unspecified atom stereocenters. The van der Waals surface area contributed by atoms with Crippen LogP contribution < -0.4 is 5.32 Å². The van der Waals surface area contributed by atoms with Crippen LogP contribution >= 0.6 is 0 Å². The molecule has 4 nitrogen and oxygen atoms in total. The van der Waals surface area contributed by atoms with Gasteiger partial charge in [0, 0.05) is 17.6 Å². The van der Waals surface area contributed by atoms with Gasteiger partial charge >= 0.3 is 6.03 Å². The standard InChI is InChI=1S/C29H29N3O/c1-3-21-15-17-23(18-16-21)28-27-14-9-19-31(27)26-13-8-6-11-24(26)20-32(28)29(33)30-25-12-7-5-10-22(25)4-2/h5-19,28H,3-4,20H2,1-2H3,(H,30,33)/t28-/m0/s1. The summed E-state index contributed by atoms with van der Waals surface area (Å²) in [5, 5.41) is 3.21. The van der Waals surface area contributed by atoms with Crippen LogP contribution in [0, 0.1) is 0 Å². The second-order valence-electron chi connectivity index (χ2n) is 8.50. The third kappa shape index (κ3) is 3.93. The maximum Gasteiger partial charge on any atom is 0.322 e. The molecule has 2 amide bonds. The molecule has 1 aliphatic rings. The van der Waals surface area contributed by atoms with E-state index in [2.05, 4.69) is 90.6 Å². The highest BCUT2D eigenvalue weighted by atomic mass is 16.2. The molecule has 5 rings (SSSR count). The maximum atomic E-state index is 13.8. The van der Waals surface area contributed by atoms with E-state index < -0.39 is 0 Å². The minimum atomic E-state index is -0.202. The molecule has 4 aromatic rings. The SMILES string of the molecule is CCc1ccc([C@H]2c3cccn3-c3ccccc3CN2C(=O)Nc2ccccc2CC)cc1. The minimum Gasteiger partial charge on any atom is -0.318 e. The number of fused-ring (bicyclic) bond motifs is 3. The molecule has 1 aromatic heterocycles. The lowest BCUT2D eigenvalue weighted by atomic mass is 9.99. The van der Waals surface area contributed by atoms with Gasteiger partial charge in [-0.15, -0.1) is 0 Å². The molecule has 1 atom stereocenters. The summed E-state index contributed by atoms with van der Waals surface area (Å²) in [4.78, 5) is 15.8. The highest BCUT2D eigenvalue weighted by molar-refractivity contribution is 5.91. The third-order valence-corrected chi connectivity index (χ3v) is 6.57. The Balaban J connectivity index is 1.62. The van der Waals surface area contributed by atoms with Crippen LogP contribution in [-0.4, -0.2) is 15.5 Å². The average molecular weight is 436 g/mol. The van der Waals surface area contributed by atoms with Gasteiger partial charge < -0.3 is 14.8 Å². The van der Waals surface area contributed by atoms with Crippen LogP contribution in [0.15, 0.2) is 91.1 Å². The van der Waals surface area contributed by atoms with E-state index in [1.807, 2.05) is 29.2 Å². The number of nitrogens with one attached hydrogen (secondary N) is 1. The Morgan fingerprint density at radius 1 is 0.879 bits per heavy atom. The molecule has 4 heteroatoms. The molecule has 1 N–H and O–H groups in total. The Labute approximate surface area is 195 Å². The van der Waals surface area contributed by atoms with Crippen LogP contribution in [0.3, 0.4) is 0 Å². The van der Waals surface area contributed by atoms with Crippen molar-refractivity contribution in [1.29, 1.82) is 0 Å². The van der Waals surface area contributed by atoms with Gasteiger partial charge in [0.1, 0.15) is 0 Å². The van der Waals surface area contributed by atoms with E-state index in [-0.39, 0.29) is 12.1 Å². The van der Waals surface area contributed by atoms with Gasteiger partial charge in [0.25, 0.3) is 0 Å². The van der Waals surface area contributed by atoms with Gasteiger partial charge in [0.15, 0.2) is 0 Å². The minimum absolute atomic E-state index is 0.0927. The summed E-state index contributed by atoms with van der Waals surface area (Å²) in [6.07, 6.45) is 3.95. The van der Waals surface area contributed by atoms with Gasteiger partial charge in [-0.3, -0.25) is 0 Å². The van der Waals surface area contributed by atoms with Crippen molar-refractivity contribution in [3.8, 4) is 5.69 Å². The first kappa shape index (κ1) is 21.1. The number of nitrogens with zero attached hydrogens (tertiary/aromatic N) is 2. The Bertz CT molecular complexity index is 1270. The first-order valence-electron chi connectivity index (χ1n) is 11.7. The van der Waals surface area contributed by atoms with Crippen LogP contribution in [0.5, 0.6) is 0 Å². The fraction of sp³-hybridized carbons (Fsp3) is 0.207. The number of carbonyl (C=O) groups excluding carboxylic acids is 1. The predicted octanol–water partition coefficient (Wildman–Crippen LogP) is 6.74. The molecule has 0 aliphatic carbocycles. The molecule has 0 saturated heterocycles. The van der Waals surface area contributed by atoms with Crippen molar-refractivity contribution >= 4 is 11.7 Å². The van der Waals surface area contributed by atoms with E-state index in [9.17, 15) is 4.79 Å². The number of amides is 2. The number of carbonyl (C=O) groups is 1. The number of urea groups is 1. The van der Waals surface area contributed by atoms with E-state index in [4.69, 9.17) is 0 Å². The molecule has 3 aromatic carbocycles. The maximum absolute atomic E-state index is 13.8. The largest absolute Gasteiger partial charge is 0.322 e. The van der Waals surface area contributed by atoms with E-state index in [1.54, 1.807) is 0 Å². The Hall–Kier alpha value is -3.79. The average Bonchev–Trinajstić information content (AvgIpc) is 3.28. The summed E-state index contributed by atoms with van der Waals surface area (Å²) in [6.45, 7) is 4.80. The second-order valence-corrected chi connectivity index (χ2v) is 8.50. The van der Waals surface area contributed by atoms with Gasteiger partial charge in [-0.05, 0) is 59.4 Å². The molecular weight excluding hydrogens is 406 g/mol. The van der Waals surface area contributed by atoms with Crippen molar-refractivity contribution in [1.82, 2.24) is 9.47 Å². The third-order valence-electron chi connectivity index (χ3n) is 6.57. The number of rotatable bonds is 4. The number of aromatic nitrogens is 1. The van der Waals surface area contributed by atoms with Crippen molar-refractivity contribution in [3.63, 3.8) is 0 Å². The van der Waals surface area contributed by atoms with Gasteiger partial charge in [-0.2, -0.15) is 0 Å². The fourth-order valence-corrected chi connectivity index (χ4v) is 4.76. The molecule has 33 heavy (non-hydrogen) atoms. The summed E-state index contributed by atoms with van der Waals surface area (Å²) in [6, 6.07) is 28.9. The zero-order valence-corrected chi connectivity index (χ0v) is 19.2. The predicted molar refractivity (Wildman–Crippen MR) is 134 cm³/mol. The van der Waals surface area contributed by atoms with Crippen molar-refractivity contribution in [3.05, 3.63) is 119 Å². The van der Waals surface area contributed by atoms with Gasteiger partial charge in [-0.25, -0.2) is 4.79 Å². The van der Waals surface area contributed by atoms with Gasteiger partial charge in [0.05, 0.1) is 18.3 Å². The summed E-state index contributed by atoms with van der Waals surface area (Å²) >= 11 is 0. The smallest absolute Gasteiger partial charge is 0.318 e. The van der Waals surface area contributed by atoms with Crippen LogP contribution in [0.25, 0.3) is 5.69 Å². The van der Waals surface area contributed by atoms with Crippen LogP contribution in [-0.2, 0) is 19.4 Å². The first-order valence-corrected chi connectivity index (χ1v) is 11.7. The molecule has 0 saturated carbocycles. The molecule has 166 valence electrons. The van der Waals surface area contributed by atoms with Crippen LogP contribution in [0.1, 0.15) is 47.8 Å². The molecular formula is C29H29N3O. The lowest BCUT2D eigenvalue weighted by molar-refractivity contribution is 0.194. The zero-order chi connectivity index (χ0) is 22.8. The fourth-order valence-electron chi connectivity index (χ4n) is 4.76. The highest BCUT2D eigenvalue weighted by Crippen LogP contribution is 2.37. The zero-order valence-electron chi connectivity index (χ0n) is 19.2. The Morgan fingerprint density at radius 3 is 2.42 bits per heavy atom. The van der Waals surface area contributed by atoms with Crippen LogP contribution in [0.2, 0.25) is 0 Å². The second kappa shape index (κ2) is 8.99. The lowest BCUT2D eigenvalue weighted by Gasteiger charge is -2.31.